The molecule has 6 nitrogen and oxygen atoms in total. The van der Waals surface area contributed by atoms with Gasteiger partial charge in [0, 0.05) is 18.5 Å². The van der Waals surface area contributed by atoms with Gasteiger partial charge in [-0.15, -0.1) is 0 Å². The summed E-state index contributed by atoms with van der Waals surface area (Å²) in [6.45, 7) is 4.89. The number of piperidine rings is 1. The number of esters is 1. The van der Waals surface area contributed by atoms with Gasteiger partial charge in [-0.05, 0) is 55.6 Å². The second-order valence-corrected chi connectivity index (χ2v) is 9.48. The van der Waals surface area contributed by atoms with Crippen LogP contribution in [0.5, 0.6) is 0 Å². The van der Waals surface area contributed by atoms with Gasteiger partial charge in [0.05, 0.1) is 36.4 Å². The Bertz CT molecular complexity index is 954. The molecule has 3 aliphatic rings. The van der Waals surface area contributed by atoms with Crippen LogP contribution in [0.25, 0.3) is 10.9 Å². The third-order valence-corrected chi connectivity index (χ3v) is 7.85. The Labute approximate surface area is 184 Å². The van der Waals surface area contributed by atoms with Gasteiger partial charge in [-0.25, -0.2) is 0 Å². The largest absolute Gasteiger partial charge is 0.469 e. The summed E-state index contributed by atoms with van der Waals surface area (Å²) in [5, 5.41) is 12.0. The number of nitrogens with zero attached hydrogens (tertiary/aromatic N) is 2. The van der Waals surface area contributed by atoms with E-state index in [2.05, 4.69) is 40.8 Å². The summed E-state index contributed by atoms with van der Waals surface area (Å²) in [7, 11) is 1.44. The van der Waals surface area contributed by atoms with Gasteiger partial charge in [-0.3, -0.25) is 9.69 Å². The van der Waals surface area contributed by atoms with Crippen molar-refractivity contribution in [3.63, 3.8) is 0 Å². The number of hydrogen-bond acceptors (Lipinski definition) is 5. The lowest BCUT2D eigenvalue weighted by Gasteiger charge is -2.51. The summed E-state index contributed by atoms with van der Waals surface area (Å²) in [4.78, 5) is 21.5. The van der Waals surface area contributed by atoms with Gasteiger partial charge in [0.1, 0.15) is 6.61 Å². The van der Waals surface area contributed by atoms with Gasteiger partial charge in [0.15, 0.2) is 0 Å². The van der Waals surface area contributed by atoms with Crippen LogP contribution in [-0.2, 0) is 16.0 Å². The minimum Gasteiger partial charge on any atom is -0.469 e. The highest BCUT2D eigenvalue weighted by molar-refractivity contribution is 5.85. The maximum atomic E-state index is 12.6. The highest BCUT2D eigenvalue weighted by atomic mass is 16.7. The molecule has 5 unspecified atom stereocenters. The van der Waals surface area contributed by atoms with Crippen molar-refractivity contribution >= 4 is 16.9 Å². The topological polar surface area (TPSA) is 63.9 Å². The number of aromatic nitrogens is 1. The number of para-hydroxylation sites is 1. The quantitative estimate of drug-likeness (QED) is 0.587. The standard InChI is InChI=1S/C25H34N2O4/c1-3-4-13-31-27-20-8-6-5-7-17(20)18-11-12-26-15-16-9-10-22(28)23(25(29)30-2)19(16)14-21(26)24(18)27/h5-8,16,19,21-23,28H,3-4,9-15H2,1-2H3. The molecule has 31 heavy (non-hydrogen) atoms. The lowest BCUT2D eigenvalue weighted by atomic mass is 9.65. The minimum absolute atomic E-state index is 0.144. The molecule has 1 N–H and O–H groups in total. The summed E-state index contributed by atoms with van der Waals surface area (Å²) in [5.74, 6) is -0.101. The summed E-state index contributed by atoms with van der Waals surface area (Å²) in [6.07, 6.45) is 5.07. The van der Waals surface area contributed by atoms with E-state index in [4.69, 9.17) is 9.57 Å². The third-order valence-electron chi connectivity index (χ3n) is 7.85. The van der Waals surface area contributed by atoms with Crippen LogP contribution in [0.4, 0.5) is 0 Å². The minimum atomic E-state index is -0.602. The van der Waals surface area contributed by atoms with Crippen molar-refractivity contribution in [2.24, 2.45) is 17.8 Å². The van der Waals surface area contributed by atoms with E-state index in [0.717, 1.165) is 50.7 Å². The maximum absolute atomic E-state index is 12.6. The number of rotatable bonds is 5. The molecular formula is C25H34N2O4. The van der Waals surface area contributed by atoms with Crippen molar-refractivity contribution < 1.29 is 19.5 Å². The Kier molecular flexibility index (Phi) is 5.69. The van der Waals surface area contributed by atoms with Crippen molar-refractivity contribution in [2.45, 2.75) is 57.6 Å². The molecule has 1 saturated heterocycles. The Morgan fingerprint density at radius 2 is 2.10 bits per heavy atom. The Hall–Kier alpha value is -2.05. The molecule has 168 valence electrons. The summed E-state index contributed by atoms with van der Waals surface area (Å²) in [6, 6.07) is 8.74. The number of ether oxygens (including phenoxy) is 1. The molecule has 0 bridgehead atoms. The molecule has 3 heterocycles. The second kappa shape index (κ2) is 8.47. The molecule has 2 aromatic rings. The molecule has 0 spiro atoms. The van der Waals surface area contributed by atoms with Crippen LogP contribution < -0.4 is 4.84 Å². The van der Waals surface area contributed by atoms with E-state index in [1.807, 2.05) is 0 Å². The number of unbranched alkanes of at least 4 members (excludes halogenated alkanes) is 1. The molecule has 0 radical (unpaired) electrons. The van der Waals surface area contributed by atoms with Gasteiger partial charge < -0.3 is 14.7 Å². The highest BCUT2D eigenvalue weighted by Gasteiger charge is 2.50. The van der Waals surface area contributed by atoms with Crippen molar-refractivity contribution in [1.82, 2.24) is 9.63 Å². The fourth-order valence-electron chi connectivity index (χ4n) is 6.35. The molecule has 1 aliphatic carbocycles. The number of benzene rings is 1. The van der Waals surface area contributed by atoms with Gasteiger partial charge in [-0.2, -0.15) is 4.73 Å². The van der Waals surface area contributed by atoms with E-state index in [1.165, 1.54) is 23.8 Å². The van der Waals surface area contributed by atoms with Crippen LogP contribution in [0.15, 0.2) is 24.3 Å². The maximum Gasteiger partial charge on any atom is 0.311 e. The number of carbonyl (C=O) groups is 1. The van der Waals surface area contributed by atoms with Gasteiger partial charge in [-0.1, -0.05) is 31.5 Å². The van der Waals surface area contributed by atoms with Crippen molar-refractivity contribution in [3.05, 3.63) is 35.5 Å². The van der Waals surface area contributed by atoms with Gasteiger partial charge in [0.2, 0.25) is 0 Å². The molecule has 0 amide bonds. The van der Waals surface area contributed by atoms with E-state index in [-0.39, 0.29) is 17.9 Å². The zero-order chi connectivity index (χ0) is 21.5. The van der Waals surface area contributed by atoms with Crippen molar-refractivity contribution in [1.29, 1.82) is 0 Å². The average molecular weight is 427 g/mol. The number of fused-ring (bicyclic) bond motifs is 6. The van der Waals surface area contributed by atoms with Crippen LogP contribution in [0.3, 0.4) is 0 Å². The monoisotopic (exact) mass is 426 g/mol. The number of carbonyl (C=O) groups excluding carboxylic acids is 1. The molecule has 5 atom stereocenters. The average Bonchev–Trinajstić information content (AvgIpc) is 3.12. The number of methoxy groups -OCH3 is 1. The summed E-state index contributed by atoms with van der Waals surface area (Å²) >= 11 is 0. The zero-order valence-corrected chi connectivity index (χ0v) is 18.6. The Morgan fingerprint density at radius 1 is 1.26 bits per heavy atom. The molecule has 2 fully saturated rings. The molecule has 1 aromatic carbocycles. The van der Waals surface area contributed by atoms with Gasteiger partial charge >= 0.3 is 5.97 Å². The molecule has 1 aromatic heterocycles. The Balaban J connectivity index is 1.55. The first-order valence-electron chi connectivity index (χ1n) is 11.9. The van der Waals surface area contributed by atoms with E-state index >= 15 is 0 Å². The molecule has 2 aliphatic heterocycles. The lowest BCUT2D eigenvalue weighted by molar-refractivity contribution is -0.160. The van der Waals surface area contributed by atoms with Crippen LogP contribution >= 0.6 is 0 Å². The first-order valence-corrected chi connectivity index (χ1v) is 11.9. The number of hydrogen-bond donors (Lipinski definition) is 1. The predicted octanol–water partition coefficient (Wildman–Crippen LogP) is 3.35. The van der Waals surface area contributed by atoms with Gasteiger partial charge in [0.25, 0.3) is 0 Å². The van der Waals surface area contributed by atoms with E-state index in [1.54, 1.807) is 0 Å². The predicted molar refractivity (Wildman–Crippen MR) is 119 cm³/mol. The fraction of sp³-hybridized carbons (Fsp3) is 0.640. The SMILES string of the molecule is CCCCOn1c2c(c3ccccc31)CCN1CC3CCC(O)C(C(=O)OC)C3CC21. The number of aliphatic hydroxyl groups excluding tert-OH is 1. The molecule has 5 rings (SSSR count). The summed E-state index contributed by atoms with van der Waals surface area (Å²) in [5.41, 5.74) is 3.78. The smallest absolute Gasteiger partial charge is 0.311 e. The lowest BCUT2D eigenvalue weighted by Crippen LogP contribution is -2.53. The number of aliphatic hydroxyl groups is 1. The first kappa shape index (κ1) is 20.8. The van der Waals surface area contributed by atoms with Crippen LogP contribution in [-0.4, -0.2) is 53.6 Å². The van der Waals surface area contributed by atoms with E-state index in [0.29, 0.717) is 18.9 Å². The third kappa shape index (κ3) is 3.44. The zero-order valence-electron chi connectivity index (χ0n) is 18.6. The van der Waals surface area contributed by atoms with Crippen LogP contribution in [0.2, 0.25) is 0 Å². The normalized spacial score (nSPS) is 30.4. The molecule has 6 heteroatoms. The molecule has 1 saturated carbocycles. The first-order chi connectivity index (χ1) is 15.1. The van der Waals surface area contributed by atoms with Crippen molar-refractivity contribution in [3.8, 4) is 0 Å². The summed E-state index contributed by atoms with van der Waals surface area (Å²) < 4.78 is 7.20. The highest BCUT2D eigenvalue weighted by Crippen LogP contribution is 2.50. The van der Waals surface area contributed by atoms with Crippen molar-refractivity contribution in [2.75, 3.05) is 26.8 Å². The Morgan fingerprint density at radius 3 is 2.90 bits per heavy atom. The van der Waals surface area contributed by atoms with Crippen LogP contribution in [0, 0.1) is 17.8 Å². The van der Waals surface area contributed by atoms with E-state index in [9.17, 15) is 9.90 Å². The second-order valence-electron chi connectivity index (χ2n) is 9.48. The molecular weight excluding hydrogens is 392 g/mol. The fourth-order valence-corrected chi connectivity index (χ4v) is 6.35. The van der Waals surface area contributed by atoms with E-state index < -0.39 is 12.0 Å². The van der Waals surface area contributed by atoms with Crippen LogP contribution in [0.1, 0.15) is 56.3 Å².